The molecule has 2 aromatic carbocycles. The molecule has 1 unspecified atom stereocenters. The average molecular weight is 375 g/mol. The highest BCUT2D eigenvalue weighted by molar-refractivity contribution is 9.10. The second-order valence-corrected chi connectivity index (χ2v) is 5.99. The lowest BCUT2D eigenvalue weighted by atomic mass is 9.96. The zero-order valence-corrected chi connectivity index (χ0v) is 14.0. The van der Waals surface area contributed by atoms with Crippen LogP contribution in [0.3, 0.4) is 0 Å². The normalized spacial score (nSPS) is 12.5. The Morgan fingerprint density at radius 3 is 2.57 bits per heavy atom. The van der Waals surface area contributed by atoms with Gasteiger partial charge in [-0.25, -0.2) is 8.78 Å². The van der Waals surface area contributed by atoms with Crippen LogP contribution in [0.5, 0.6) is 0 Å². The van der Waals surface area contributed by atoms with E-state index in [1.165, 1.54) is 6.07 Å². The molecule has 0 aliphatic rings. The summed E-state index contributed by atoms with van der Waals surface area (Å²) in [5.74, 6) is -1.13. The van der Waals surface area contributed by atoms with Crippen molar-refractivity contribution in [1.29, 1.82) is 0 Å². The molecule has 0 aliphatic carbocycles. The highest BCUT2D eigenvalue weighted by Gasteiger charge is 2.21. The predicted molar refractivity (Wildman–Crippen MR) is 85.8 cm³/mol. The quantitative estimate of drug-likeness (QED) is 0.757. The number of hydrogen-bond donors (Lipinski definition) is 1. The Balaban J connectivity index is 2.59. The summed E-state index contributed by atoms with van der Waals surface area (Å²) in [4.78, 5) is 0. The summed E-state index contributed by atoms with van der Waals surface area (Å²) < 4.78 is 28.4. The summed E-state index contributed by atoms with van der Waals surface area (Å²) in [5, 5.41) is 3.72. The summed E-state index contributed by atoms with van der Waals surface area (Å²) in [6, 6.07) is 7.50. The zero-order chi connectivity index (χ0) is 15.6. The van der Waals surface area contributed by atoms with Gasteiger partial charge in [0.2, 0.25) is 0 Å². The van der Waals surface area contributed by atoms with E-state index >= 15 is 0 Å². The fourth-order valence-electron chi connectivity index (χ4n) is 2.24. The van der Waals surface area contributed by atoms with Crippen LogP contribution in [0.2, 0.25) is 5.02 Å². The first kappa shape index (κ1) is 16.4. The lowest BCUT2D eigenvalue weighted by Crippen LogP contribution is -2.23. The van der Waals surface area contributed by atoms with Crippen LogP contribution in [0.15, 0.2) is 34.8 Å². The van der Waals surface area contributed by atoms with Crippen molar-refractivity contribution in [3.63, 3.8) is 0 Å². The van der Waals surface area contributed by atoms with E-state index in [9.17, 15) is 8.78 Å². The minimum Gasteiger partial charge on any atom is -0.306 e. The lowest BCUT2D eigenvalue weighted by molar-refractivity contribution is 0.537. The van der Waals surface area contributed by atoms with Crippen LogP contribution >= 0.6 is 27.5 Å². The van der Waals surface area contributed by atoms with Gasteiger partial charge in [0.25, 0.3) is 0 Å². The number of rotatable bonds is 4. The number of aryl methyl sites for hydroxylation is 1. The zero-order valence-electron chi connectivity index (χ0n) is 11.7. The van der Waals surface area contributed by atoms with Crippen molar-refractivity contribution in [3.05, 3.63) is 68.2 Å². The highest BCUT2D eigenvalue weighted by atomic mass is 79.9. The molecule has 0 fully saturated rings. The SMILES string of the molecule is CCNC(c1cc(C)c(F)cc1F)c1cccc(Br)c1Cl. The molecule has 1 atom stereocenters. The number of halogens is 4. The van der Waals surface area contributed by atoms with Gasteiger partial charge in [0.05, 0.1) is 11.1 Å². The number of benzene rings is 2. The lowest BCUT2D eigenvalue weighted by Gasteiger charge is -2.22. The summed E-state index contributed by atoms with van der Waals surface area (Å²) in [6.45, 7) is 4.17. The Kier molecular flexibility index (Phi) is 5.36. The molecule has 0 saturated carbocycles. The first-order chi connectivity index (χ1) is 9.95. The van der Waals surface area contributed by atoms with Crippen molar-refractivity contribution in [1.82, 2.24) is 5.32 Å². The molecule has 0 heterocycles. The van der Waals surface area contributed by atoms with E-state index in [0.29, 0.717) is 22.7 Å². The molecule has 2 rings (SSSR count). The molecule has 1 N–H and O–H groups in total. The van der Waals surface area contributed by atoms with E-state index in [0.717, 1.165) is 16.1 Å². The Labute approximate surface area is 136 Å². The molecule has 1 nitrogen and oxygen atoms in total. The van der Waals surface area contributed by atoms with Gasteiger partial charge in [-0.05, 0) is 52.7 Å². The summed E-state index contributed by atoms with van der Waals surface area (Å²) >= 11 is 9.68. The van der Waals surface area contributed by atoms with E-state index in [1.54, 1.807) is 6.92 Å². The molecule has 0 aliphatic heterocycles. The molecule has 2 aromatic rings. The van der Waals surface area contributed by atoms with Gasteiger partial charge in [-0.1, -0.05) is 30.7 Å². The van der Waals surface area contributed by atoms with Crippen LogP contribution in [0.25, 0.3) is 0 Å². The molecule has 112 valence electrons. The Morgan fingerprint density at radius 2 is 1.90 bits per heavy atom. The van der Waals surface area contributed by atoms with Crippen molar-refractivity contribution in [2.75, 3.05) is 6.54 Å². The van der Waals surface area contributed by atoms with E-state index in [1.807, 2.05) is 25.1 Å². The Hall–Kier alpha value is -0.970. The maximum Gasteiger partial charge on any atom is 0.131 e. The average Bonchev–Trinajstić information content (AvgIpc) is 2.44. The highest BCUT2D eigenvalue weighted by Crippen LogP contribution is 2.34. The monoisotopic (exact) mass is 373 g/mol. The van der Waals surface area contributed by atoms with E-state index in [2.05, 4.69) is 21.2 Å². The van der Waals surface area contributed by atoms with E-state index in [4.69, 9.17) is 11.6 Å². The number of hydrogen-bond acceptors (Lipinski definition) is 1. The van der Waals surface area contributed by atoms with Gasteiger partial charge in [-0.2, -0.15) is 0 Å². The molecule has 0 amide bonds. The Bertz CT molecular complexity index is 661. The first-order valence-corrected chi connectivity index (χ1v) is 7.75. The van der Waals surface area contributed by atoms with Gasteiger partial charge in [0, 0.05) is 16.1 Å². The third-order valence-electron chi connectivity index (χ3n) is 3.29. The van der Waals surface area contributed by atoms with Crippen LogP contribution in [-0.2, 0) is 0 Å². The fraction of sp³-hybridized carbons (Fsp3) is 0.250. The molecular weight excluding hydrogens is 360 g/mol. The standard InChI is InChI=1S/C16H15BrClF2N/c1-3-21-16(10-5-4-6-12(17)15(10)18)11-7-9(2)13(19)8-14(11)20/h4-8,16,21H,3H2,1-2H3. The van der Waals surface area contributed by atoms with Crippen LogP contribution < -0.4 is 5.32 Å². The van der Waals surface area contributed by atoms with Crippen LogP contribution in [0.1, 0.15) is 29.7 Å². The molecule has 0 saturated heterocycles. The molecule has 0 radical (unpaired) electrons. The van der Waals surface area contributed by atoms with Gasteiger partial charge < -0.3 is 5.32 Å². The second kappa shape index (κ2) is 6.86. The number of nitrogens with one attached hydrogen (secondary N) is 1. The van der Waals surface area contributed by atoms with Crippen LogP contribution in [-0.4, -0.2) is 6.54 Å². The van der Waals surface area contributed by atoms with Crippen molar-refractivity contribution in [2.45, 2.75) is 19.9 Å². The largest absolute Gasteiger partial charge is 0.306 e. The molecule has 0 spiro atoms. The minimum absolute atomic E-state index is 0.385. The molecular formula is C16H15BrClF2N. The van der Waals surface area contributed by atoms with Crippen molar-refractivity contribution >= 4 is 27.5 Å². The van der Waals surface area contributed by atoms with Gasteiger partial charge in [-0.15, -0.1) is 0 Å². The van der Waals surface area contributed by atoms with Crippen molar-refractivity contribution in [3.8, 4) is 0 Å². The third kappa shape index (κ3) is 3.44. The minimum atomic E-state index is -0.583. The molecule has 21 heavy (non-hydrogen) atoms. The van der Waals surface area contributed by atoms with Crippen molar-refractivity contribution in [2.24, 2.45) is 0 Å². The molecule has 0 aromatic heterocycles. The van der Waals surface area contributed by atoms with Gasteiger partial charge in [0.1, 0.15) is 11.6 Å². The molecule has 5 heteroatoms. The first-order valence-electron chi connectivity index (χ1n) is 6.58. The van der Waals surface area contributed by atoms with Crippen LogP contribution in [0, 0.1) is 18.6 Å². The van der Waals surface area contributed by atoms with Crippen LogP contribution in [0.4, 0.5) is 8.78 Å². The second-order valence-electron chi connectivity index (χ2n) is 4.76. The smallest absolute Gasteiger partial charge is 0.131 e. The fourth-order valence-corrected chi connectivity index (χ4v) is 2.85. The maximum absolute atomic E-state index is 14.2. The van der Waals surface area contributed by atoms with Gasteiger partial charge in [0.15, 0.2) is 0 Å². The summed E-state index contributed by atoms with van der Waals surface area (Å²) in [5.41, 5.74) is 1.54. The topological polar surface area (TPSA) is 12.0 Å². The maximum atomic E-state index is 14.2. The van der Waals surface area contributed by atoms with Gasteiger partial charge in [-0.3, -0.25) is 0 Å². The van der Waals surface area contributed by atoms with E-state index in [-0.39, 0.29) is 0 Å². The summed E-state index contributed by atoms with van der Waals surface area (Å²) in [6.07, 6.45) is 0. The van der Waals surface area contributed by atoms with Gasteiger partial charge >= 0.3 is 0 Å². The third-order valence-corrected chi connectivity index (χ3v) is 4.60. The Morgan fingerprint density at radius 1 is 1.19 bits per heavy atom. The van der Waals surface area contributed by atoms with Crippen molar-refractivity contribution < 1.29 is 8.78 Å². The van der Waals surface area contributed by atoms with E-state index < -0.39 is 17.7 Å². The summed E-state index contributed by atoms with van der Waals surface area (Å²) in [7, 11) is 0. The molecule has 0 bridgehead atoms. The predicted octanol–water partition coefficient (Wildman–Crippen LogP) is 5.39.